The number of quaternary nitrogens is 1. The molecule has 126 valence electrons. The van der Waals surface area contributed by atoms with E-state index in [1.165, 1.54) is 0 Å². The first kappa shape index (κ1) is 21.2. The van der Waals surface area contributed by atoms with Crippen molar-refractivity contribution in [3.63, 3.8) is 0 Å². The summed E-state index contributed by atoms with van der Waals surface area (Å²) in [4.78, 5) is 29.3. The third-order valence-electron chi connectivity index (χ3n) is 4.05. The highest BCUT2D eigenvalue weighted by Gasteiger charge is 2.54. The van der Waals surface area contributed by atoms with Gasteiger partial charge in [0.15, 0.2) is 0 Å². The number of thiol groups is 1. The molecule has 1 aliphatic heterocycles. The minimum absolute atomic E-state index is 0. The maximum Gasteiger partial charge on any atom is 0.368 e. The topological polar surface area (TPSA) is 115 Å². The predicted molar refractivity (Wildman–Crippen MR) is 76.6 cm³/mol. The molecule has 3 unspecified atom stereocenters. The molecule has 1 saturated heterocycles. The maximum absolute atomic E-state index is 11.3. The van der Waals surface area contributed by atoms with Crippen LogP contribution in [0.5, 0.6) is 0 Å². The molecule has 0 amide bonds. The number of aliphatic carboxylic acids is 1. The first-order chi connectivity index (χ1) is 9.04. The molecule has 10 heteroatoms. The molecule has 0 aromatic rings. The van der Waals surface area contributed by atoms with Crippen LogP contribution in [0.3, 0.4) is 0 Å². The molecular formula is C11H23ClNO6PS. The Bertz CT molecular complexity index is 418. The fourth-order valence-electron chi connectivity index (χ4n) is 2.91. The Kier molecular flexibility index (Phi) is 7.70. The zero-order valence-corrected chi connectivity index (χ0v) is 14.4. The summed E-state index contributed by atoms with van der Waals surface area (Å²) in [5.74, 6) is -1.41. The van der Waals surface area contributed by atoms with Crippen molar-refractivity contribution in [2.75, 3.05) is 32.4 Å². The SMILES string of the molecule is C[N+]1(CCS)CCCC(CC(O)(C(=O)O)P(=O)(O)O)C1.[Cl-]. The fourth-order valence-corrected chi connectivity index (χ4v) is 4.14. The third-order valence-corrected chi connectivity index (χ3v) is 5.58. The Hall–Kier alpha value is 0.180. The van der Waals surface area contributed by atoms with Crippen molar-refractivity contribution in [1.29, 1.82) is 0 Å². The van der Waals surface area contributed by atoms with Crippen LogP contribution in [0.4, 0.5) is 0 Å². The van der Waals surface area contributed by atoms with E-state index in [2.05, 4.69) is 12.6 Å². The van der Waals surface area contributed by atoms with Gasteiger partial charge < -0.3 is 36.9 Å². The zero-order valence-electron chi connectivity index (χ0n) is 11.9. The number of likely N-dealkylation sites (tertiary alicyclic amines) is 1. The third kappa shape index (κ3) is 5.10. The van der Waals surface area contributed by atoms with Crippen molar-refractivity contribution in [3.8, 4) is 0 Å². The van der Waals surface area contributed by atoms with Gasteiger partial charge in [-0.05, 0) is 12.8 Å². The van der Waals surface area contributed by atoms with E-state index in [-0.39, 0.29) is 18.3 Å². The number of hydrogen-bond donors (Lipinski definition) is 5. The summed E-state index contributed by atoms with van der Waals surface area (Å²) in [6.45, 7) is 2.33. The molecule has 21 heavy (non-hydrogen) atoms. The average molecular weight is 364 g/mol. The van der Waals surface area contributed by atoms with Crippen LogP contribution >= 0.6 is 20.2 Å². The van der Waals surface area contributed by atoms with E-state index in [1.54, 1.807) is 0 Å². The summed E-state index contributed by atoms with van der Waals surface area (Å²) < 4.78 is 12.0. The quantitative estimate of drug-likeness (QED) is 0.197. The molecule has 0 radical (unpaired) electrons. The average Bonchev–Trinajstić information content (AvgIpc) is 2.26. The number of aliphatic hydroxyl groups is 1. The van der Waals surface area contributed by atoms with Gasteiger partial charge in [-0.2, -0.15) is 12.6 Å². The Morgan fingerprint density at radius 1 is 1.48 bits per heavy atom. The zero-order chi connectivity index (χ0) is 15.6. The van der Waals surface area contributed by atoms with Gasteiger partial charge in [0.2, 0.25) is 0 Å². The fraction of sp³-hybridized carbons (Fsp3) is 0.909. The van der Waals surface area contributed by atoms with Gasteiger partial charge in [-0.15, -0.1) is 0 Å². The highest BCUT2D eigenvalue weighted by Crippen LogP contribution is 2.52. The monoisotopic (exact) mass is 363 g/mol. The Balaban J connectivity index is 0.00000400. The Labute approximate surface area is 135 Å². The first-order valence-corrected chi connectivity index (χ1v) is 8.74. The Morgan fingerprint density at radius 2 is 2.05 bits per heavy atom. The number of hydrogen-bond acceptors (Lipinski definition) is 4. The molecule has 4 N–H and O–H groups in total. The summed E-state index contributed by atoms with van der Waals surface area (Å²) >= 11 is 4.20. The number of rotatable bonds is 6. The van der Waals surface area contributed by atoms with Gasteiger partial charge in [0.05, 0.1) is 26.7 Å². The molecule has 0 aromatic heterocycles. The van der Waals surface area contributed by atoms with Crippen molar-refractivity contribution in [2.24, 2.45) is 5.92 Å². The van der Waals surface area contributed by atoms with Crippen LogP contribution in [0, 0.1) is 5.92 Å². The molecule has 0 spiro atoms. The van der Waals surface area contributed by atoms with Gasteiger partial charge in [-0.1, -0.05) is 0 Å². The van der Waals surface area contributed by atoms with Crippen LogP contribution in [0.15, 0.2) is 0 Å². The van der Waals surface area contributed by atoms with E-state index in [4.69, 9.17) is 14.9 Å². The molecule has 0 bridgehead atoms. The summed E-state index contributed by atoms with van der Waals surface area (Å²) in [6.07, 6.45) is 1.08. The van der Waals surface area contributed by atoms with Gasteiger partial charge in [0.25, 0.3) is 5.34 Å². The second-order valence-electron chi connectivity index (χ2n) is 5.85. The molecule has 3 atom stereocenters. The van der Waals surface area contributed by atoms with E-state index in [1.807, 2.05) is 7.05 Å². The van der Waals surface area contributed by atoms with E-state index < -0.39 is 25.3 Å². The molecule has 0 aromatic carbocycles. The maximum atomic E-state index is 11.3. The van der Waals surface area contributed by atoms with E-state index in [9.17, 15) is 14.5 Å². The molecule has 1 rings (SSSR count). The molecule has 0 aliphatic carbocycles. The summed E-state index contributed by atoms with van der Waals surface area (Å²) in [5, 5.41) is 15.9. The standard InChI is InChI=1S/C11H22NO6PS.ClH/c1-12(5-6-20)4-2-3-9(8-12)7-11(15,10(13)14)19(16,17)18;/h9,15H,2-8H2,1H3,(H3-,13,14,16,17,18,20);1H. The number of carbonyl (C=O) groups is 1. The number of carboxylic acid groups (broad SMARTS) is 1. The van der Waals surface area contributed by atoms with Crippen molar-refractivity contribution >= 4 is 26.2 Å². The van der Waals surface area contributed by atoms with Crippen LogP contribution in [-0.2, 0) is 9.36 Å². The number of halogens is 1. The molecule has 7 nitrogen and oxygen atoms in total. The second-order valence-corrected chi connectivity index (χ2v) is 8.13. The minimum Gasteiger partial charge on any atom is -1.00 e. The summed E-state index contributed by atoms with van der Waals surface area (Å²) in [7, 11) is -3.12. The highest BCUT2D eigenvalue weighted by atomic mass is 35.5. The van der Waals surface area contributed by atoms with Crippen molar-refractivity contribution in [1.82, 2.24) is 0 Å². The van der Waals surface area contributed by atoms with Gasteiger partial charge in [0, 0.05) is 18.1 Å². The normalized spacial score (nSPS) is 29.3. The van der Waals surface area contributed by atoms with E-state index in [0.717, 1.165) is 19.5 Å². The minimum atomic E-state index is -5.13. The molecule has 1 heterocycles. The number of carboxylic acids is 1. The van der Waals surface area contributed by atoms with Crippen molar-refractivity contribution < 1.29 is 46.2 Å². The molecule has 0 saturated carbocycles. The molecule has 1 aliphatic rings. The van der Waals surface area contributed by atoms with E-state index >= 15 is 0 Å². The van der Waals surface area contributed by atoms with Gasteiger partial charge in [-0.25, -0.2) is 4.79 Å². The van der Waals surface area contributed by atoms with Crippen LogP contribution in [0.2, 0.25) is 0 Å². The number of piperidine rings is 1. The Morgan fingerprint density at radius 3 is 2.48 bits per heavy atom. The smallest absolute Gasteiger partial charge is 0.368 e. The molecule has 1 fully saturated rings. The number of nitrogens with zero attached hydrogens (tertiary/aromatic N) is 1. The highest BCUT2D eigenvalue weighted by molar-refractivity contribution is 7.80. The lowest BCUT2D eigenvalue weighted by molar-refractivity contribution is -0.915. The van der Waals surface area contributed by atoms with Crippen LogP contribution < -0.4 is 12.4 Å². The first-order valence-electron chi connectivity index (χ1n) is 6.50. The summed E-state index contributed by atoms with van der Waals surface area (Å²) in [5.41, 5.74) is 0. The van der Waals surface area contributed by atoms with Gasteiger partial charge in [-0.3, -0.25) is 4.57 Å². The van der Waals surface area contributed by atoms with Gasteiger partial charge in [0.1, 0.15) is 0 Å². The van der Waals surface area contributed by atoms with Gasteiger partial charge >= 0.3 is 13.6 Å². The van der Waals surface area contributed by atoms with Crippen molar-refractivity contribution in [2.45, 2.75) is 24.6 Å². The largest absolute Gasteiger partial charge is 1.00 e. The second kappa shape index (κ2) is 7.64. The predicted octanol–water partition coefficient (Wildman–Crippen LogP) is -2.88. The summed E-state index contributed by atoms with van der Waals surface area (Å²) in [6, 6.07) is 0. The van der Waals surface area contributed by atoms with Crippen LogP contribution in [-0.4, -0.2) is 68.2 Å². The van der Waals surface area contributed by atoms with Crippen LogP contribution in [0.1, 0.15) is 19.3 Å². The lowest BCUT2D eigenvalue weighted by Gasteiger charge is -2.42. The van der Waals surface area contributed by atoms with Crippen molar-refractivity contribution in [3.05, 3.63) is 0 Å². The van der Waals surface area contributed by atoms with Crippen LogP contribution in [0.25, 0.3) is 0 Å². The van der Waals surface area contributed by atoms with E-state index in [0.29, 0.717) is 23.2 Å². The lowest BCUT2D eigenvalue weighted by Crippen LogP contribution is -3.00. The molecular weight excluding hydrogens is 341 g/mol. The lowest BCUT2D eigenvalue weighted by atomic mass is 9.90.